The van der Waals surface area contributed by atoms with Gasteiger partial charge in [-0.2, -0.15) is 0 Å². The number of nitrogens with one attached hydrogen (secondary N) is 2. The van der Waals surface area contributed by atoms with Crippen LogP contribution in [0.25, 0.3) is 21.5 Å². The molecule has 0 aliphatic heterocycles. The van der Waals surface area contributed by atoms with Crippen LogP contribution in [0.2, 0.25) is 0 Å². The molecule has 2 heterocycles. The minimum Gasteiger partial charge on any atom is -0.493 e. The van der Waals surface area contributed by atoms with Crippen LogP contribution in [0, 0.1) is 6.92 Å². The lowest BCUT2D eigenvalue weighted by molar-refractivity contribution is 0.0943. The highest BCUT2D eigenvalue weighted by atomic mass is 32.1. The predicted octanol–water partition coefficient (Wildman–Crippen LogP) is 4.99. The molecule has 0 aliphatic rings. The third-order valence-electron chi connectivity index (χ3n) is 5.49. The molecular weight excluding hydrogens is 438 g/mol. The molecule has 0 spiro atoms. The molecule has 1 amide bonds. The van der Waals surface area contributed by atoms with Gasteiger partial charge in [-0.25, -0.2) is 4.98 Å². The summed E-state index contributed by atoms with van der Waals surface area (Å²) in [5.74, 6) is 1.47. The van der Waals surface area contributed by atoms with E-state index in [1.54, 1.807) is 21.3 Å². The molecule has 2 N–H and O–H groups in total. The fourth-order valence-corrected chi connectivity index (χ4v) is 4.86. The summed E-state index contributed by atoms with van der Waals surface area (Å²) < 4.78 is 16.3. The van der Waals surface area contributed by atoms with E-state index < -0.39 is 0 Å². The Hall–Kier alpha value is -3.52. The van der Waals surface area contributed by atoms with Crippen LogP contribution >= 0.6 is 11.3 Å². The number of amides is 1. The van der Waals surface area contributed by atoms with Crippen molar-refractivity contribution in [2.75, 3.05) is 21.3 Å². The van der Waals surface area contributed by atoms with Gasteiger partial charge in [0.2, 0.25) is 5.75 Å². The number of aromatic amines is 1. The number of methoxy groups -OCH3 is 3. The number of carbonyl (C=O) groups is 1. The molecule has 0 radical (unpaired) electrons. The van der Waals surface area contributed by atoms with Gasteiger partial charge in [-0.3, -0.25) is 4.79 Å². The second-order valence-corrected chi connectivity index (χ2v) is 8.78. The summed E-state index contributed by atoms with van der Waals surface area (Å²) in [6, 6.07) is 11.8. The van der Waals surface area contributed by atoms with Gasteiger partial charge in [0.25, 0.3) is 5.91 Å². The number of aryl methyl sites for hydroxylation is 1. The first kappa shape index (κ1) is 22.7. The molecule has 0 saturated heterocycles. The number of aromatic nitrogens is 2. The first-order valence-electron chi connectivity index (χ1n) is 10.6. The number of para-hydroxylation sites is 1. The standard InChI is InChI=1S/C25H27N3O4S/c1-14(10-17-13-26-19-9-7-6-8-18(17)19)27-24(29)23-15(2)28-25(33-23)16-11-20(30-3)22(32-5)21(12-16)31-4/h6-9,11-14,26H,10H2,1-5H3,(H,27,29)/t14-/m0/s1. The van der Waals surface area contributed by atoms with Gasteiger partial charge in [0.15, 0.2) is 11.5 Å². The van der Waals surface area contributed by atoms with Gasteiger partial charge in [-0.15, -0.1) is 11.3 Å². The lowest BCUT2D eigenvalue weighted by Gasteiger charge is -2.13. The molecule has 0 bridgehead atoms. The van der Waals surface area contributed by atoms with E-state index in [-0.39, 0.29) is 11.9 Å². The fourth-order valence-electron chi connectivity index (χ4n) is 3.91. The van der Waals surface area contributed by atoms with Crippen molar-refractivity contribution in [3.05, 3.63) is 58.7 Å². The first-order chi connectivity index (χ1) is 15.9. The van der Waals surface area contributed by atoms with Gasteiger partial charge in [-0.1, -0.05) is 18.2 Å². The minimum atomic E-state index is -0.129. The van der Waals surface area contributed by atoms with E-state index in [0.717, 1.165) is 17.5 Å². The van der Waals surface area contributed by atoms with E-state index >= 15 is 0 Å². The number of rotatable bonds is 8. The maximum absolute atomic E-state index is 13.0. The average molecular weight is 466 g/mol. The lowest BCUT2D eigenvalue weighted by atomic mass is 10.1. The SMILES string of the molecule is COc1cc(-c2nc(C)c(C(=O)N[C@@H](C)Cc3c[nH]c4ccccc34)s2)cc(OC)c1OC. The summed E-state index contributed by atoms with van der Waals surface area (Å²) in [5.41, 5.74) is 3.75. The van der Waals surface area contributed by atoms with E-state index in [1.807, 2.05) is 50.4 Å². The maximum atomic E-state index is 13.0. The minimum absolute atomic E-state index is 0.0390. The lowest BCUT2D eigenvalue weighted by Crippen LogP contribution is -2.33. The quantitative estimate of drug-likeness (QED) is 0.383. The van der Waals surface area contributed by atoms with Crippen LogP contribution in [0.5, 0.6) is 17.2 Å². The molecular formula is C25H27N3O4S. The van der Waals surface area contributed by atoms with E-state index in [2.05, 4.69) is 21.4 Å². The molecule has 2 aromatic heterocycles. The highest BCUT2D eigenvalue weighted by Gasteiger charge is 2.21. The molecule has 33 heavy (non-hydrogen) atoms. The molecule has 4 aromatic rings. The number of H-pyrrole nitrogens is 1. The Morgan fingerprint density at radius 1 is 1.12 bits per heavy atom. The summed E-state index contributed by atoms with van der Waals surface area (Å²) in [6.45, 7) is 3.85. The smallest absolute Gasteiger partial charge is 0.263 e. The van der Waals surface area contributed by atoms with Gasteiger partial charge in [0.1, 0.15) is 9.88 Å². The van der Waals surface area contributed by atoms with Gasteiger partial charge in [-0.05, 0) is 44.0 Å². The van der Waals surface area contributed by atoms with Crippen molar-refractivity contribution >= 4 is 28.1 Å². The number of nitrogens with zero attached hydrogens (tertiary/aromatic N) is 1. The third-order valence-corrected chi connectivity index (χ3v) is 6.70. The van der Waals surface area contributed by atoms with Crippen LogP contribution in [0.15, 0.2) is 42.6 Å². The second-order valence-electron chi connectivity index (χ2n) is 7.79. The van der Waals surface area contributed by atoms with E-state index in [1.165, 1.54) is 22.3 Å². The van der Waals surface area contributed by atoms with Crippen molar-refractivity contribution in [1.82, 2.24) is 15.3 Å². The number of fused-ring (bicyclic) bond motifs is 1. The van der Waals surface area contributed by atoms with Gasteiger partial charge < -0.3 is 24.5 Å². The zero-order valence-corrected chi connectivity index (χ0v) is 20.1. The first-order valence-corrected chi connectivity index (χ1v) is 11.4. The largest absolute Gasteiger partial charge is 0.493 e. The number of hydrogen-bond acceptors (Lipinski definition) is 6. The number of thiazole rings is 1. The highest BCUT2D eigenvalue weighted by molar-refractivity contribution is 7.17. The van der Waals surface area contributed by atoms with Crippen molar-refractivity contribution in [2.45, 2.75) is 26.3 Å². The van der Waals surface area contributed by atoms with Crippen LogP contribution in [-0.4, -0.2) is 43.2 Å². The zero-order chi connectivity index (χ0) is 23.5. The molecule has 172 valence electrons. The average Bonchev–Trinajstić information content (AvgIpc) is 3.41. The Balaban J connectivity index is 1.54. The van der Waals surface area contributed by atoms with Crippen molar-refractivity contribution in [3.63, 3.8) is 0 Å². The molecule has 1 atom stereocenters. The Morgan fingerprint density at radius 2 is 1.82 bits per heavy atom. The van der Waals surface area contributed by atoms with Gasteiger partial charge >= 0.3 is 0 Å². The molecule has 0 saturated carbocycles. The van der Waals surface area contributed by atoms with Crippen LogP contribution in [-0.2, 0) is 6.42 Å². The van der Waals surface area contributed by atoms with Crippen LogP contribution < -0.4 is 19.5 Å². The molecule has 8 heteroatoms. The van der Waals surface area contributed by atoms with Gasteiger partial charge in [0.05, 0.1) is 27.0 Å². The summed E-state index contributed by atoms with van der Waals surface area (Å²) in [6.07, 6.45) is 2.74. The summed E-state index contributed by atoms with van der Waals surface area (Å²) >= 11 is 1.34. The number of hydrogen-bond donors (Lipinski definition) is 2. The molecule has 4 rings (SSSR count). The van der Waals surface area contributed by atoms with E-state index in [0.29, 0.717) is 32.8 Å². The highest BCUT2D eigenvalue weighted by Crippen LogP contribution is 2.42. The van der Waals surface area contributed by atoms with Crippen molar-refractivity contribution in [1.29, 1.82) is 0 Å². The van der Waals surface area contributed by atoms with E-state index in [4.69, 9.17) is 14.2 Å². The molecule has 7 nitrogen and oxygen atoms in total. The summed E-state index contributed by atoms with van der Waals surface area (Å²) in [4.78, 5) is 21.5. The molecule has 0 fully saturated rings. The second kappa shape index (κ2) is 9.54. The van der Waals surface area contributed by atoms with Gasteiger partial charge in [0, 0.05) is 28.7 Å². The Morgan fingerprint density at radius 3 is 2.48 bits per heavy atom. The van der Waals surface area contributed by atoms with E-state index in [9.17, 15) is 4.79 Å². The van der Waals surface area contributed by atoms with Crippen molar-refractivity contribution in [2.24, 2.45) is 0 Å². The Bertz CT molecular complexity index is 1270. The Kier molecular flexibility index (Phi) is 6.55. The normalized spacial score (nSPS) is 11.9. The topological polar surface area (TPSA) is 85.5 Å². The monoisotopic (exact) mass is 465 g/mol. The summed E-state index contributed by atoms with van der Waals surface area (Å²) in [5, 5.41) is 5.00. The molecule has 0 aliphatic carbocycles. The number of ether oxygens (including phenoxy) is 3. The predicted molar refractivity (Wildman–Crippen MR) is 131 cm³/mol. The summed E-state index contributed by atoms with van der Waals surface area (Å²) in [7, 11) is 4.71. The molecule has 0 unspecified atom stereocenters. The number of benzene rings is 2. The van der Waals surface area contributed by atoms with Crippen LogP contribution in [0.4, 0.5) is 0 Å². The van der Waals surface area contributed by atoms with Crippen LogP contribution in [0.3, 0.4) is 0 Å². The fraction of sp³-hybridized carbons (Fsp3) is 0.280. The zero-order valence-electron chi connectivity index (χ0n) is 19.3. The van der Waals surface area contributed by atoms with Crippen LogP contribution in [0.1, 0.15) is 27.9 Å². The third kappa shape index (κ3) is 4.52. The van der Waals surface area contributed by atoms with Crippen molar-refractivity contribution < 1.29 is 19.0 Å². The molecule has 2 aromatic carbocycles. The van der Waals surface area contributed by atoms with Crippen molar-refractivity contribution in [3.8, 4) is 27.8 Å². The Labute approximate surface area is 196 Å². The number of carbonyl (C=O) groups excluding carboxylic acids is 1. The maximum Gasteiger partial charge on any atom is 0.263 e.